The van der Waals surface area contributed by atoms with E-state index >= 15 is 0 Å². The Labute approximate surface area is 184 Å². The molecule has 152 valence electrons. The first-order valence-corrected chi connectivity index (χ1v) is 10.4. The summed E-state index contributed by atoms with van der Waals surface area (Å²) in [5.41, 5.74) is 6.19. The smallest absolute Gasteiger partial charge is 0.226 e. The van der Waals surface area contributed by atoms with Gasteiger partial charge in [0.2, 0.25) is 5.95 Å². The molecule has 0 spiro atoms. The number of rotatable bonds is 2. The molecule has 6 rings (SSSR count). The van der Waals surface area contributed by atoms with Gasteiger partial charge in [-0.15, -0.1) is 0 Å². The molecule has 7 heteroatoms. The fourth-order valence-corrected chi connectivity index (χ4v) is 4.59. The number of benzene rings is 2. The van der Waals surface area contributed by atoms with Crippen LogP contribution in [0.4, 0.5) is 5.95 Å². The summed E-state index contributed by atoms with van der Waals surface area (Å²) in [7, 11) is 0. The third-order valence-corrected chi connectivity index (χ3v) is 5.96. The van der Waals surface area contributed by atoms with E-state index in [1.807, 2.05) is 47.3 Å². The number of fused-ring (bicyclic) bond motifs is 3. The Morgan fingerprint density at radius 3 is 2.81 bits per heavy atom. The van der Waals surface area contributed by atoms with Crippen molar-refractivity contribution in [1.82, 2.24) is 19.7 Å². The fourth-order valence-electron chi connectivity index (χ4n) is 4.39. The van der Waals surface area contributed by atoms with Gasteiger partial charge in [-0.05, 0) is 48.4 Å². The van der Waals surface area contributed by atoms with Gasteiger partial charge in [-0.1, -0.05) is 41.4 Å². The third-order valence-electron chi connectivity index (χ3n) is 5.72. The summed E-state index contributed by atoms with van der Waals surface area (Å²) < 4.78 is 8.49. The summed E-state index contributed by atoms with van der Waals surface area (Å²) in [6.45, 7) is 2.08. The van der Waals surface area contributed by atoms with E-state index in [-0.39, 0.29) is 12.1 Å². The van der Waals surface area contributed by atoms with Gasteiger partial charge in [0, 0.05) is 28.6 Å². The molecule has 2 atom stereocenters. The lowest BCUT2D eigenvalue weighted by Crippen LogP contribution is -2.32. The lowest BCUT2D eigenvalue weighted by atomic mass is 9.85. The van der Waals surface area contributed by atoms with Crippen LogP contribution in [0.3, 0.4) is 0 Å². The molecule has 6 nitrogen and oxygen atoms in total. The number of hydrogen-bond donors (Lipinski definition) is 1. The molecule has 31 heavy (non-hydrogen) atoms. The molecule has 2 aromatic heterocycles. The molecule has 0 saturated carbocycles. The minimum Gasteiger partial charge on any atom is -0.480 e. The quantitative estimate of drug-likeness (QED) is 0.476. The van der Waals surface area contributed by atoms with Crippen molar-refractivity contribution in [2.24, 2.45) is 0 Å². The highest BCUT2D eigenvalue weighted by Crippen LogP contribution is 2.50. The van der Waals surface area contributed by atoms with Crippen LogP contribution < -0.4 is 10.1 Å². The van der Waals surface area contributed by atoms with Crippen molar-refractivity contribution in [3.05, 3.63) is 106 Å². The molecular weight excluding hydrogens is 410 g/mol. The number of nitrogens with zero attached hydrogens (tertiary/aromatic N) is 4. The van der Waals surface area contributed by atoms with Crippen LogP contribution in [0, 0.1) is 6.92 Å². The lowest BCUT2D eigenvalue weighted by Gasteiger charge is -2.39. The summed E-state index contributed by atoms with van der Waals surface area (Å²) in [5, 5.41) is 8.70. The molecular formula is C24H18ClN5O. The van der Waals surface area contributed by atoms with Gasteiger partial charge in [0.1, 0.15) is 24.2 Å². The van der Waals surface area contributed by atoms with Crippen LogP contribution in [-0.2, 0) is 0 Å². The molecule has 1 N–H and O–H groups in total. The highest BCUT2D eigenvalue weighted by Gasteiger charge is 2.41. The van der Waals surface area contributed by atoms with Crippen LogP contribution in [0.25, 0.3) is 5.70 Å². The van der Waals surface area contributed by atoms with E-state index in [9.17, 15) is 0 Å². The number of pyridine rings is 1. The maximum absolute atomic E-state index is 6.60. The van der Waals surface area contributed by atoms with E-state index in [4.69, 9.17) is 16.3 Å². The second kappa shape index (κ2) is 6.96. The molecule has 0 unspecified atom stereocenters. The highest BCUT2D eigenvalue weighted by atomic mass is 35.5. The van der Waals surface area contributed by atoms with Crippen LogP contribution in [0.15, 0.2) is 78.9 Å². The van der Waals surface area contributed by atoms with Gasteiger partial charge in [-0.2, -0.15) is 10.1 Å². The lowest BCUT2D eigenvalue weighted by molar-refractivity contribution is 0.223. The largest absolute Gasteiger partial charge is 0.480 e. The Hall–Kier alpha value is -3.64. The van der Waals surface area contributed by atoms with Crippen LogP contribution in [0.1, 0.15) is 34.4 Å². The molecule has 0 radical (unpaired) electrons. The average molecular weight is 428 g/mol. The minimum atomic E-state index is -0.348. The van der Waals surface area contributed by atoms with Crippen molar-refractivity contribution in [2.75, 3.05) is 5.32 Å². The molecule has 4 heterocycles. The monoisotopic (exact) mass is 427 g/mol. The highest BCUT2D eigenvalue weighted by molar-refractivity contribution is 6.30. The second-order valence-corrected chi connectivity index (χ2v) is 8.16. The molecule has 2 aliphatic rings. The standard InChI is InChI=1S/C24H18ClN5O/c1-14-7-8-19-18(10-14)21-20(23(31-19)15-4-2-6-17(25)11-15)22(16-5-3-9-26-12-16)30-24(29-21)27-13-28-30/h2-13,22-23H,1H3,(H,27,28,29)/t22-,23+/m1/s1. The molecule has 4 aromatic rings. The summed E-state index contributed by atoms with van der Waals surface area (Å²) in [6.07, 6.45) is 4.86. The average Bonchev–Trinajstić information content (AvgIpc) is 3.26. The van der Waals surface area contributed by atoms with Crippen molar-refractivity contribution in [3.8, 4) is 5.75 Å². The normalized spacial score (nSPS) is 19.0. The number of aryl methyl sites for hydroxylation is 1. The molecule has 0 fully saturated rings. The van der Waals surface area contributed by atoms with Crippen molar-refractivity contribution in [2.45, 2.75) is 19.1 Å². The Morgan fingerprint density at radius 2 is 1.97 bits per heavy atom. The van der Waals surface area contributed by atoms with E-state index in [1.165, 1.54) is 0 Å². The Balaban J connectivity index is 1.65. The summed E-state index contributed by atoms with van der Waals surface area (Å²) in [5.74, 6) is 1.51. The fraction of sp³-hybridized carbons (Fsp3) is 0.125. The maximum Gasteiger partial charge on any atom is 0.226 e. The Kier molecular flexibility index (Phi) is 4.07. The number of nitrogens with one attached hydrogen (secondary N) is 1. The Morgan fingerprint density at radius 1 is 1.06 bits per heavy atom. The molecule has 0 amide bonds. The van der Waals surface area contributed by atoms with Crippen molar-refractivity contribution in [3.63, 3.8) is 0 Å². The maximum atomic E-state index is 6.60. The minimum absolute atomic E-state index is 0.222. The number of hydrogen-bond acceptors (Lipinski definition) is 5. The second-order valence-electron chi connectivity index (χ2n) is 7.72. The topological polar surface area (TPSA) is 64.9 Å². The zero-order chi connectivity index (χ0) is 20.9. The van der Waals surface area contributed by atoms with Gasteiger partial charge in [0.25, 0.3) is 0 Å². The van der Waals surface area contributed by atoms with E-state index in [0.717, 1.165) is 39.3 Å². The first-order chi connectivity index (χ1) is 15.2. The molecule has 2 aromatic carbocycles. The zero-order valence-corrected chi connectivity index (χ0v) is 17.4. The summed E-state index contributed by atoms with van der Waals surface area (Å²) in [4.78, 5) is 8.81. The zero-order valence-electron chi connectivity index (χ0n) is 16.7. The first-order valence-electron chi connectivity index (χ1n) is 10.0. The molecule has 0 aliphatic carbocycles. The van der Waals surface area contributed by atoms with Crippen LogP contribution in [0.5, 0.6) is 5.75 Å². The summed E-state index contributed by atoms with van der Waals surface area (Å²) in [6, 6.07) is 17.8. The number of aromatic nitrogens is 4. The van der Waals surface area contributed by atoms with Gasteiger partial charge in [0.05, 0.1) is 5.70 Å². The van der Waals surface area contributed by atoms with E-state index < -0.39 is 0 Å². The SMILES string of the molecule is Cc1ccc2c(c1)C1=C([C@H](c3cccc(Cl)c3)O2)[C@@H](c2cccnc2)n2ncnc2N1. The van der Waals surface area contributed by atoms with Crippen molar-refractivity contribution >= 4 is 23.2 Å². The van der Waals surface area contributed by atoms with Crippen molar-refractivity contribution < 1.29 is 4.74 Å². The van der Waals surface area contributed by atoms with Gasteiger partial charge in [-0.3, -0.25) is 4.98 Å². The van der Waals surface area contributed by atoms with Gasteiger partial charge >= 0.3 is 0 Å². The van der Waals surface area contributed by atoms with Crippen LogP contribution >= 0.6 is 11.6 Å². The van der Waals surface area contributed by atoms with Gasteiger partial charge in [-0.25, -0.2) is 4.68 Å². The predicted molar refractivity (Wildman–Crippen MR) is 119 cm³/mol. The first kappa shape index (κ1) is 18.2. The third kappa shape index (κ3) is 2.91. The van der Waals surface area contributed by atoms with Gasteiger partial charge < -0.3 is 10.1 Å². The number of halogens is 1. The van der Waals surface area contributed by atoms with E-state index in [2.05, 4.69) is 45.5 Å². The van der Waals surface area contributed by atoms with Gasteiger partial charge in [0.15, 0.2) is 0 Å². The predicted octanol–water partition coefficient (Wildman–Crippen LogP) is 5.19. The van der Waals surface area contributed by atoms with Crippen LogP contribution in [0.2, 0.25) is 5.02 Å². The molecule has 0 bridgehead atoms. The van der Waals surface area contributed by atoms with Crippen molar-refractivity contribution in [1.29, 1.82) is 0 Å². The molecule has 0 saturated heterocycles. The van der Waals surface area contributed by atoms with Crippen LogP contribution in [-0.4, -0.2) is 19.7 Å². The van der Waals surface area contributed by atoms with E-state index in [1.54, 1.807) is 12.5 Å². The van der Waals surface area contributed by atoms with E-state index in [0.29, 0.717) is 11.0 Å². The Bertz CT molecular complexity index is 1330. The summed E-state index contributed by atoms with van der Waals surface area (Å²) >= 11 is 6.35. The number of ether oxygens (including phenoxy) is 1. The molecule has 2 aliphatic heterocycles. The number of anilines is 1.